The zero-order chi connectivity index (χ0) is 15.5. The third-order valence-corrected chi connectivity index (χ3v) is 5.99. The molecule has 1 aromatic carbocycles. The summed E-state index contributed by atoms with van der Waals surface area (Å²) in [6.45, 7) is 7.71. The van der Waals surface area contributed by atoms with Gasteiger partial charge < -0.3 is 5.32 Å². The summed E-state index contributed by atoms with van der Waals surface area (Å²) in [6, 6.07) is 3.75. The predicted octanol–water partition coefficient (Wildman–Crippen LogP) is 3.15. The van der Waals surface area contributed by atoms with Crippen molar-refractivity contribution in [3.8, 4) is 0 Å². The van der Waals surface area contributed by atoms with Gasteiger partial charge in [-0.1, -0.05) is 13.3 Å². The highest BCUT2D eigenvalue weighted by Crippen LogP contribution is 2.28. The molecule has 0 saturated carbocycles. The second-order valence-electron chi connectivity index (χ2n) is 5.35. The maximum atomic E-state index is 12.8. The zero-order valence-corrected chi connectivity index (χ0v) is 14.1. The van der Waals surface area contributed by atoms with Crippen molar-refractivity contribution >= 4 is 15.7 Å². The molecule has 0 bridgehead atoms. The van der Waals surface area contributed by atoms with E-state index in [1.807, 2.05) is 40.0 Å². The van der Waals surface area contributed by atoms with Crippen LogP contribution in [0.2, 0.25) is 0 Å². The zero-order valence-electron chi connectivity index (χ0n) is 13.3. The normalized spacial score (nSPS) is 13.6. The Labute approximate surface area is 123 Å². The largest absolute Gasteiger partial charge is 0.388 e. The van der Waals surface area contributed by atoms with Gasteiger partial charge in [-0.15, -0.1) is 0 Å². The van der Waals surface area contributed by atoms with E-state index in [-0.39, 0.29) is 6.04 Å². The Kier molecular flexibility index (Phi) is 5.59. The Hall–Kier alpha value is -1.07. The third-order valence-electron chi connectivity index (χ3n) is 3.71. The first kappa shape index (κ1) is 17.0. The Morgan fingerprint density at radius 3 is 2.15 bits per heavy atom. The minimum Gasteiger partial charge on any atom is -0.388 e. The van der Waals surface area contributed by atoms with Gasteiger partial charge >= 0.3 is 0 Å². The molecule has 0 amide bonds. The van der Waals surface area contributed by atoms with Gasteiger partial charge in [0.2, 0.25) is 10.0 Å². The molecule has 4 nitrogen and oxygen atoms in total. The number of anilines is 1. The van der Waals surface area contributed by atoms with Crippen LogP contribution in [0.4, 0.5) is 5.69 Å². The van der Waals surface area contributed by atoms with Crippen LogP contribution in [0.5, 0.6) is 0 Å². The summed E-state index contributed by atoms with van der Waals surface area (Å²) >= 11 is 0. The van der Waals surface area contributed by atoms with Gasteiger partial charge in [0.1, 0.15) is 0 Å². The highest BCUT2D eigenvalue weighted by molar-refractivity contribution is 7.89. The second kappa shape index (κ2) is 6.59. The van der Waals surface area contributed by atoms with Crippen LogP contribution in [-0.2, 0) is 10.0 Å². The molecule has 0 aliphatic carbocycles. The molecule has 0 radical (unpaired) electrons. The van der Waals surface area contributed by atoms with Crippen LogP contribution in [0.3, 0.4) is 0 Å². The number of aryl methyl sites for hydroxylation is 2. The van der Waals surface area contributed by atoms with E-state index in [1.54, 1.807) is 7.05 Å². The fourth-order valence-electron chi connectivity index (χ4n) is 2.48. The van der Waals surface area contributed by atoms with Gasteiger partial charge in [-0.2, -0.15) is 4.31 Å². The Morgan fingerprint density at radius 1 is 1.25 bits per heavy atom. The van der Waals surface area contributed by atoms with Gasteiger partial charge in [-0.05, 0) is 50.5 Å². The monoisotopic (exact) mass is 298 g/mol. The minimum absolute atomic E-state index is 0.00720. The number of hydrogen-bond donors (Lipinski definition) is 1. The molecule has 1 unspecified atom stereocenters. The Bertz CT molecular complexity index is 544. The highest BCUT2D eigenvalue weighted by Gasteiger charge is 2.28. The smallest absolute Gasteiger partial charge is 0.243 e. The lowest BCUT2D eigenvalue weighted by atomic mass is 10.1. The molecule has 0 spiro atoms. The number of rotatable bonds is 6. The second-order valence-corrected chi connectivity index (χ2v) is 7.28. The van der Waals surface area contributed by atoms with Crippen LogP contribution in [0.15, 0.2) is 17.0 Å². The SMILES string of the molecule is CCCC(C)N(C)S(=O)(=O)c1c(C)cc(NC)cc1C. The van der Waals surface area contributed by atoms with Crippen molar-refractivity contribution in [1.82, 2.24) is 4.31 Å². The summed E-state index contributed by atoms with van der Waals surface area (Å²) < 4.78 is 27.1. The van der Waals surface area contributed by atoms with Crippen LogP contribution < -0.4 is 5.32 Å². The summed E-state index contributed by atoms with van der Waals surface area (Å²) in [5, 5.41) is 3.05. The standard InChI is InChI=1S/C15H26N2O2S/c1-7-8-13(4)17(6)20(18,19)15-11(2)9-14(16-5)10-12(15)3/h9-10,13,16H,7-8H2,1-6H3. The maximum absolute atomic E-state index is 12.8. The fraction of sp³-hybridized carbons (Fsp3) is 0.600. The molecule has 0 aliphatic rings. The van der Waals surface area contributed by atoms with Crippen molar-refractivity contribution in [3.63, 3.8) is 0 Å². The Balaban J connectivity index is 3.29. The summed E-state index contributed by atoms with van der Waals surface area (Å²) in [7, 11) is 0.0572. The van der Waals surface area contributed by atoms with Gasteiger partial charge in [0.25, 0.3) is 0 Å². The van der Waals surface area contributed by atoms with Crippen molar-refractivity contribution in [2.75, 3.05) is 19.4 Å². The molecule has 1 aromatic rings. The van der Waals surface area contributed by atoms with Crippen LogP contribution in [-0.4, -0.2) is 32.9 Å². The maximum Gasteiger partial charge on any atom is 0.243 e. The van der Waals surface area contributed by atoms with E-state index < -0.39 is 10.0 Å². The summed E-state index contributed by atoms with van der Waals surface area (Å²) in [5.41, 5.74) is 2.50. The molecule has 0 fully saturated rings. The molecule has 20 heavy (non-hydrogen) atoms. The van der Waals surface area contributed by atoms with Gasteiger partial charge in [0.15, 0.2) is 0 Å². The number of nitrogens with one attached hydrogen (secondary N) is 1. The quantitative estimate of drug-likeness (QED) is 0.877. The first-order valence-electron chi connectivity index (χ1n) is 7.02. The highest BCUT2D eigenvalue weighted by atomic mass is 32.2. The minimum atomic E-state index is -3.44. The molecule has 0 heterocycles. The number of sulfonamides is 1. The molecule has 5 heteroatoms. The van der Waals surface area contributed by atoms with Crippen LogP contribution in [0, 0.1) is 13.8 Å². The average Bonchev–Trinajstić information content (AvgIpc) is 2.36. The number of nitrogens with zero attached hydrogens (tertiary/aromatic N) is 1. The van der Waals surface area contributed by atoms with Crippen molar-refractivity contribution in [1.29, 1.82) is 0 Å². The fourth-order valence-corrected chi connectivity index (χ4v) is 4.28. The topological polar surface area (TPSA) is 49.4 Å². The summed E-state index contributed by atoms with van der Waals surface area (Å²) in [6.07, 6.45) is 1.83. The molecule has 1 atom stereocenters. The molecule has 114 valence electrons. The van der Waals surface area contributed by atoms with E-state index in [0.29, 0.717) is 4.90 Å². The van der Waals surface area contributed by atoms with Gasteiger partial charge in [-0.25, -0.2) is 8.42 Å². The summed E-state index contributed by atoms with van der Waals surface area (Å²) in [5.74, 6) is 0. The molecule has 0 aliphatic heterocycles. The average molecular weight is 298 g/mol. The third kappa shape index (κ3) is 3.33. The first-order chi connectivity index (χ1) is 9.25. The lowest BCUT2D eigenvalue weighted by Crippen LogP contribution is -2.35. The van der Waals surface area contributed by atoms with E-state index >= 15 is 0 Å². The lowest BCUT2D eigenvalue weighted by Gasteiger charge is -2.26. The van der Waals surface area contributed by atoms with Crippen molar-refractivity contribution in [2.45, 2.75) is 51.5 Å². The number of benzene rings is 1. The van der Waals surface area contributed by atoms with Gasteiger partial charge in [0.05, 0.1) is 4.90 Å². The first-order valence-corrected chi connectivity index (χ1v) is 8.46. The molecule has 1 rings (SSSR count). The Morgan fingerprint density at radius 2 is 1.75 bits per heavy atom. The van der Waals surface area contributed by atoms with Gasteiger partial charge in [-0.3, -0.25) is 0 Å². The molecule has 0 saturated heterocycles. The van der Waals surface area contributed by atoms with Crippen molar-refractivity contribution < 1.29 is 8.42 Å². The van der Waals surface area contributed by atoms with E-state index in [9.17, 15) is 8.42 Å². The molecule has 0 aromatic heterocycles. The van der Waals surface area contributed by atoms with E-state index in [0.717, 1.165) is 29.7 Å². The van der Waals surface area contributed by atoms with Crippen molar-refractivity contribution in [2.24, 2.45) is 0 Å². The van der Waals surface area contributed by atoms with Gasteiger partial charge in [0, 0.05) is 25.8 Å². The van der Waals surface area contributed by atoms with E-state index in [2.05, 4.69) is 12.2 Å². The van der Waals surface area contributed by atoms with E-state index in [4.69, 9.17) is 0 Å². The van der Waals surface area contributed by atoms with E-state index in [1.165, 1.54) is 4.31 Å². The van der Waals surface area contributed by atoms with Crippen LogP contribution in [0.25, 0.3) is 0 Å². The van der Waals surface area contributed by atoms with Crippen molar-refractivity contribution in [3.05, 3.63) is 23.3 Å². The lowest BCUT2D eigenvalue weighted by molar-refractivity contribution is 0.368. The molecule has 1 N–H and O–H groups in total. The molecular formula is C15H26N2O2S. The van der Waals surface area contributed by atoms with Crippen LogP contribution in [0.1, 0.15) is 37.8 Å². The number of hydrogen-bond acceptors (Lipinski definition) is 3. The molecular weight excluding hydrogens is 272 g/mol. The van der Waals surface area contributed by atoms with Crippen LogP contribution >= 0.6 is 0 Å². The summed E-state index contributed by atoms with van der Waals surface area (Å²) in [4.78, 5) is 0.432. The predicted molar refractivity (Wildman–Crippen MR) is 84.8 cm³/mol.